The van der Waals surface area contributed by atoms with Gasteiger partial charge in [-0.15, -0.1) is 0 Å². The van der Waals surface area contributed by atoms with Crippen molar-refractivity contribution < 1.29 is 17.9 Å². The average molecular weight is 324 g/mol. The Kier molecular flexibility index (Phi) is 4.10. The first-order chi connectivity index (χ1) is 10.4. The van der Waals surface area contributed by atoms with Gasteiger partial charge >= 0.3 is 0 Å². The minimum atomic E-state index is -3.25. The van der Waals surface area contributed by atoms with E-state index in [0.29, 0.717) is 43.3 Å². The molecule has 0 spiro atoms. The highest BCUT2D eigenvalue weighted by atomic mass is 32.2. The Labute approximate surface area is 130 Å². The maximum atomic E-state index is 12.2. The topological polar surface area (TPSA) is 75.7 Å². The molecular formula is C15H20N2O4S. The highest BCUT2D eigenvalue weighted by Crippen LogP contribution is 2.30. The molecule has 22 heavy (non-hydrogen) atoms. The minimum Gasteiger partial charge on any atom is -0.381 e. The van der Waals surface area contributed by atoms with Crippen LogP contribution in [0.15, 0.2) is 18.2 Å². The standard InChI is InChI=1S/C15H20N2O4S/c1-22(19,20)17-6-4-12-8-13(2-3-14(12)17)15(18)16-9-11-5-7-21-10-11/h2-3,8,11H,4-7,9-10H2,1H3,(H,16,18)/t11-/m0/s1. The second-order valence-electron chi connectivity index (χ2n) is 5.87. The second kappa shape index (κ2) is 5.89. The summed E-state index contributed by atoms with van der Waals surface area (Å²) in [5.74, 6) is 0.270. The molecule has 1 aromatic rings. The van der Waals surface area contributed by atoms with Crippen LogP contribution in [0.3, 0.4) is 0 Å². The zero-order chi connectivity index (χ0) is 15.7. The van der Waals surface area contributed by atoms with Gasteiger partial charge in [0.05, 0.1) is 18.6 Å². The van der Waals surface area contributed by atoms with E-state index in [4.69, 9.17) is 4.74 Å². The van der Waals surface area contributed by atoms with E-state index in [9.17, 15) is 13.2 Å². The number of nitrogens with zero attached hydrogens (tertiary/aromatic N) is 1. The first-order valence-corrected chi connectivity index (χ1v) is 9.26. The summed E-state index contributed by atoms with van der Waals surface area (Å²) >= 11 is 0. The number of sulfonamides is 1. The molecule has 6 nitrogen and oxygen atoms in total. The number of amides is 1. The molecule has 2 heterocycles. The summed E-state index contributed by atoms with van der Waals surface area (Å²) in [7, 11) is -3.25. The van der Waals surface area contributed by atoms with Gasteiger partial charge in [-0.05, 0) is 36.6 Å². The van der Waals surface area contributed by atoms with Gasteiger partial charge in [-0.25, -0.2) is 8.42 Å². The monoisotopic (exact) mass is 324 g/mol. The summed E-state index contributed by atoms with van der Waals surface area (Å²) in [4.78, 5) is 12.2. The summed E-state index contributed by atoms with van der Waals surface area (Å²) < 4.78 is 30.1. The lowest BCUT2D eigenvalue weighted by Crippen LogP contribution is -2.29. The molecule has 0 aliphatic carbocycles. The Balaban J connectivity index is 1.70. The molecule has 1 aromatic carbocycles. The molecule has 7 heteroatoms. The third-order valence-electron chi connectivity index (χ3n) is 4.17. The molecule has 0 unspecified atom stereocenters. The lowest BCUT2D eigenvalue weighted by molar-refractivity contribution is 0.0945. The summed E-state index contributed by atoms with van der Waals surface area (Å²) in [5, 5.41) is 2.92. The predicted molar refractivity (Wildman–Crippen MR) is 83.6 cm³/mol. The normalized spacial score (nSPS) is 21.0. The molecule has 0 saturated carbocycles. The zero-order valence-corrected chi connectivity index (χ0v) is 13.4. The number of carbonyl (C=O) groups excluding carboxylic acids is 1. The molecule has 3 rings (SSSR count). The van der Waals surface area contributed by atoms with Crippen LogP contribution in [0.1, 0.15) is 22.3 Å². The lowest BCUT2D eigenvalue weighted by atomic mass is 10.1. The van der Waals surface area contributed by atoms with Crippen molar-refractivity contribution in [2.45, 2.75) is 12.8 Å². The van der Waals surface area contributed by atoms with Crippen LogP contribution in [-0.4, -0.2) is 46.9 Å². The number of benzene rings is 1. The number of nitrogens with one attached hydrogen (secondary N) is 1. The van der Waals surface area contributed by atoms with E-state index in [1.54, 1.807) is 18.2 Å². The minimum absolute atomic E-state index is 0.118. The van der Waals surface area contributed by atoms with Gasteiger partial charge in [-0.1, -0.05) is 0 Å². The first-order valence-electron chi connectivity index (χ1n) is 7.42. The largest absolute Gasteiger partial charge is 0.381 e. The van der Waals surface area contributed by atoms with E-state index in [1.807, 2.05) is 0 Å². The van der Waals surface area contributed by atoms with E-state index < -0.39 is 10.0 Å². The van der Waals surface area contributed by atoms with Crippen LogP contribution in [0.5, 0.6) is 0 Å². The summed E-state index contributed by atoms with van der Waals surface area (Å²) in [6, 6.07) is 5.20. The van der Waals surface area contributed by atoms with Crippen LogP contribution in [0.25, 0.3) is 0 Å². The highest BCUT2D eigenvalue weighted by Gasteiger charge is 2.26. The fourth-order valence-electron chi connectivity index (χ4n) is 2.94. The van der Waals surface area contributed by atoms with E-state index >= 15 is 0 Å². The van der Waals surface area contributed by atoms with E-state index in [0.717, 1.165) is 18.6 Å². The third-order valence-corrected chi connectivity index (χ3v) is 5.35. The average Bonchev–Trinajstić information content (AvgIpc) is 3.12. The molecule has 1 fully saturated rings. The maximum Gasteiger partial charge on any atom is 0.251 e. The molecular weight excluding hydrogens is 304 g/mol. The van der Waals surface area contributed by atoms with Crippen LogP contribution in [-0.2, 0) is 21.2 Å². The first kappa shape index (κ1) is 15.3. The smallest absolute Gasteiger partial charge is 0.251 e. The van der Waals surface area contributed by atoms with Crippen molar-refractivity contribution >= 4 is 21.6 Å². The van der Waals surface area contributed by atoms with E-state index in [2.05, 4.69) is 5.32 Å². The lowest BCUT2D eigenvalue weighted by Gasteiger charge is -2.16. The third kappa shape index (κ3) is 3.10. The van der Waals surface area contributed by atoms with Gasteiger partial charge in [0.2, 0.25) is 10.0 Å². The van der Waals surface area contributed by atoms with Crippen LogP contribution < -0.4 is 9.62 Å². The number of carbonyl (C=O) groups is 1. The summed E-state index contributed by atoms with van der Waals surface area (Å²) in [6.45, 7) is 2.53. The number of rotatable bonds is 4. The summed E-state index contributed by atoms with van der Waals surface area (Å²) in [5.41, 5.74) is 2.17. The second-order valence-corrected chi connectivity index (χ2v) is 7.78. The van der Waals surface area contributed by atoms with Crippen molar-refractivity contribution in [2.24, 2.45) is 5.92 Å². The Morgan fingerprint density at radius 3 is 2.95 bits per heavy atom. The fourth-order valence-corrected chi connectivity index (χ4v) is 3.90. The van der Waals surface area contributed by atoms with Gasteiger partial charge in [0, 0.05) is 31.2 Å². The molecule has 1 N–H and O–H groups in total. The number of fused-ring (bicyclic) bond motifs is 1. The van der Waals surface area contributed by atoms with Crippen LogP contribution >= 0.6 is 0 Å². The van der Waals surface area contributed by atoms with Gasteiger partial charge in [0.15, 0.2) is 0 Å². The van der Waals surface area contributed by atoms with E-state index in [1.165, 1.54) is 10.6 Å². The van der Waals surface area contributed by atoms with Crippen molar-refractivity contribution in [3.63, 3.8) is 0 Å². The summed E-state index contributed by atoms with van der Waals surface area (Å²) in [6.07, 6.45) is 2.82. The van der Waals surface area contributed by atoms with Crippen molar-refractivity contribution in [3.05, 3.63) is 29.3 Å². The van der Waals surface area contributed by atoms with Gasteiger partial charge in [0.25, 0.3) is 5.91 Å². The number of ether oxygens (including phenoxy) is 1. The quantitative estimate of drug-likeness (QED) is 0.888. The van der Waals surface area contributed by atoms with Crippen LogP contribution in [0.4, 0.5) is 5.69 Å². The Hall–Kier alpha value is -1.60. The molecule has 1 atom stereocenters. The molecule has 0 bridgehead atoms. The Morgan fingerprint density at radius 2 is 2.27 bits per heavy atom. The Morgan fingerprint density at radius 1 is 1.45 bits per heavy atom. The molecule has 120 valence electrons. The van der Waals surface area contributed by atoms with Crippen LogP contribution in [0.2, 0.25) is 0 Å². The highest BCUT2D eigenvalue weighted by molar-refractivity contribution is 7.92. The van der Waals surface area contributed by atoms with Gasteiger partial charge < -0.3 is 10.1 Å². The van der Waals surface area contributed by atoms with Crippen molar-refractivity contribution in [1.29, 1.82) is 0 Å². The SMILES string of the molecule is CS(=O)(=O)N1CCc2cc(C(=O)NC[C@@H]3CCOC3)ccc21. The van der Waals surface area contributed by atoms with Gasteiger partial charge in [0.1, 0.15) is 0 Å². The maximum absolute atomic E-state index is 12.2. The molecule has 2 aliphatic heterocycles. The van der Waals surface area contributed by atoms with Crippen molar-refractivity contribution in [1.82, 2.24) is 5.32 Å². The number of hydrogen-bond acceptors (Lipinski definition) is 4. The fraction of sp³-hybridized carbons (Fsp3) is 0.533. The molecule has 2 aliphatic rings. The molecule has 1 amide bonds. The number of hydrogen-bond donors (Lipinski definition) is 1. The Bertz CT molecular complexity index is 681. The molecule has 1 saturated heterocycles. The van der Waals surface area contributed by atoms with Gasteiger partial charge in [-0.3, -0.25) is 9.10 Å². The van der Waals surface area contributed by atoms with Gasteiger partial charge in [-0.2, -0.15) is 0 Å². The van der Waals surface area contributed by atoms with Crippen molar-refractivity contribution in [3.8, 4) is 0 Å². The zero-order valence-electron chi connectivity index (χ0n) is 12.5. The number of anilines is 1. The molecule has 0 radical (unpaired) electrons. The predicted octanol–water partition coefficient (Wildman–Crippen LogP) is 0.775. The van der Waals surface area contributed by atoms with E-state index in [-0.39, 0.29) is 5.91 Å². The van der Waals surface area contributed by atoms with Crippen molar-refractivity contribution in [2.75, 3.05) is 36.9 Å². The molecule has 0 aromatic heterocycles. The van der Waals surface area contributed by atoms with Crippen LogP contribution in [0, 0.1) is 5.92 Å².